The van der Waals surface area contributed by atoms with Gasteiger partial charge in [-0.05, 0) is 34.1 Å². The van der Waals surface area contributed by atoms with Crippen molar-refractivity contribution in [3.8, 4) is 11.4 Å². The van der Waals surface area contributed by atoms with Gasteiger partial charge in [0, 0.05) is 40.2 Å². The maximum Gasteiger partial charge on any atom is 0.258 e. The molecule has 0 amide bonds. The number of benzene rings is 1. The Balaban J connectivity index is 1.98. The molecule has 3 heterocycles. The van der Waals surface area contributed by atoms with Crippen LogP contribution in [-0.2, 0) is 7.05 Å². The van der Waals surface area contributed by atoms with Crippen molar-refractivity contribution in [2.24, 2.45) is 7.05 Å². The number of fused-ring (bicyclic) bond motifs is 2. The molecule has 22 heavy (non-hydrogen) atoms. The van der Waals surface area contributed by atoms with E-state index in [4.69, 9.17) is 0 Å². The SMILES string of the molecule is Cn1cc(Br)c2cc(-c3nc4cnccc4[nH]3)ccc2c1=O. The quantitative estimate of drug-likeness (QED) is 0.570. The molecule has 1 N–H and O–H groups in total. The van der Waals surface area contributed by atoms with Gasteiger partial charge < -0.3 is 9.55 Å². The fourth-order valence-corrected chi connectivity index (χ4v) is 3.19. The zero-order valence-corrected chi connectivity index (χ0v) is 13.3. The minimum absolute atomic E-state index is 0.0152. The molecule has 0 aliphatic rings. The molecule has 1 aromatic carbocycles. The average molecular weight is 355 g/mol. The number of H-pyrrole nitrogens is 1. The smallest absolute Gasteiger partial charge is 0.258 e. The van der Waals surface area contributed by atoms with Gasteiger partial charge >= 0.3 is 0 Å². The molecule has 4 rings (SSSR count). The lowest BCUT2D eigenvalue weighted by molar-refractivity contribution is 0.869. The van der Waals surface area contributed by atoms with Crippen LogP contribution >= 0.6 is 15.9 Å². The van der Waals surface area contributed by atoms with E-state index in [1.165, 1.54) is 0 Å². The third-order valence-corrected chi connectivity index (χ3v) is 4.33. The van der Waals surface area contributed by atoms with Crippen LogP contribution < -0.4 is 5.56 Å². The minimum atomic E-state index is -0.0152. The summed E-state index contributed by atoms with van der Waals surface area (Å²) < 4.78 is 2.45. The molecule has 0 radical (unpaired) electrons. The Kier molecular flexibility index (Phi) is 2.87. The number of nitrogens with one attached hydrogen (secondary N) is 1. The highest BCUT2D eigenvalue weighted by Crippen LogP contribution is 2.27. The molecule has 0 aliphatic heterocycles. The molecular formula is C16H11BrN4O. The lowest BCUT2D eigenvalue weighted by atomic mass is 10.1. The summed E-state index contributed by atoms with van der Waals surface area (Å²) in [5.74, 6) is 0.762. The van der Waals surface area contributed by atoms with Crippen molar-refractivity contribution in [3.05, 3.63) is 57.7 Å². The Hall–Kier alpha value is -2.47. The van der Waals surface area contributed by atoms with E-state index in [1.807, 2.05) is 24.3 Å². The van der Waals surface area contributed by atoms with Crippen LogP contribution in [-0.4, -0.2) is 19.5 Å². The highest BCUT2D eigenvalue weighted by Gasteiger charge is 2.10. The molecule has 0 spiro atoms. The number of imidazole rings is 1. The number of rotatable bonds is 1. The summed E-state index contributed by atoms with van der Waals surface area (Å²) in [6.45, 7) is 0. The van der Waals surface area contributed by atoms with Crippen LogP contribution in [0.5, 0.6) is 0 Å². The van der Waals surface area contributed by atoms with Gasteiger partial charge in [0.05, 0.1) is 11.7 Å². The van der Waals surface area contributed by atoms with Crippen LogP contribution in [0.25, 0.3) is 33.2 Å². The van der Waals surface area contributed by atoms with Gasteiger partial charge in [-0.15, -0.1) is 0 Å². The Morgan fingerprint density at radius 1 is 1.23 bits per heavy atom. The van der Waals surface area contributed by atoms with Crippen LogP contribution in [0.1, 0.15) is 0 Å². The maximum absolute atomic E-state index is 12.2. The van der Waals surface area contributed by atoms with E-state index in [-0.39, 0.29) is 5.56 Å². The van der Waals surface area contributed by atoms with Crippen LogP contribution in [0.15, 0.2) is 52.1 Å². The monoisotopic (exact) mass is 354 g/mol. The highest BCUT2D eigenvalue weighted by molar-refractivity contribution is 9.10. The first-order valence-electron chi connectivity index (χ1n) is 6.72. The highest BCUT2D eigenvalue weighted by atomic mass is 79.9. The van der Waals surface area contributed by atoms with Crippen LogP contribution in [0.2, 0.25) is 0 Å². The zero-order valence-electron chi connectivity index (χ0n) is 11.7. The Labute approximate surface area is 133 Å². The largest absolute Gasteiger partial charge is 0.338 e. The molecule has 6 heteroatoms. The van der Waals surface area contributed by atoms with Crippen molar-refractivity contribution in [3.63, 3.8) is 0 Å². The fraction of sp³-hybridized carbons (Fsp3) is 0.0625. The average Bonchev–Trinajstić information content (AvgIpc) is 2.96. The lowest BCUT2D eigenvalue weighted by Crippen LogP contribution is -2.16. The molecule has 0 saturated heterocycles. The van der Waals surface area contributed by atoms with Crippen molar-refractivity contribution in [1.29, 1.82) is 0 Å². The molecular weight excluding hydrogens is 344 g/mol. The van der Waals surface area contributed by atoms with Gasteiger partial charge in [0.15, 0.2) is 0 Å². The molecule has 0 fully saturated rings. The number of aryl methyl sites for hydroxylation is 1. The van der Waals surface area contributed by atoms with Gasteiger partial charge in [-0.25, -0.2) is 4.98 Å². The third-order valence-electron chi connectivity index (χ3n) is 3.69. The van der Waals surface area contributed by atoms with Gasteiger partial charge in [-0.3, -0.25) is 9.78 Å². The van der Waals surface area contributed by atoms with E-state index in [0.717, 1.165) is 32.3 Å². The molecule has 5 nitrogen and oxygen atoms in total. The van der Waals surface area contributed by atoms with Crippen molar-refractivity contribution in [1.82, 2.24) is 19.5 Å². The standard InChI is InChI=1S/C16H11BrN4O/c1-21-8-12(17)11-6-9(2-3-10(11)16(21)22)15-19-13-4-5-18-7-14(13)20-15/h2-8H,1H3,(H,19,20). The summed E-state index contributed by atoms with van der Waals surface area (Å²) in [5, 5.41) is 1.55. The second kappa shape index (κ2) is 4.78. The normalized spacial score (nSPS) is 11.4. The van der Waals surface area contributed by atoms with E-state index < -0.39 is 0 Å². The van der Waals surface area contributed by atoms with Crippen LogP contribution in [0.3, 0.4) is 0 Å². The summed E-state index contributed by atoms with van der Waals surface area (Å²) in [5.41, 5.74) is 2.67. The number of aromatic amines is 1. The molecule has 4 aromatic rings. The molecule has 0 bridgehead atoms. The first-order valence-corrected chi connectivity index (χ1v) is 7.52. The number of pyridine rings is 2. The Morgan fingerprint density at radius 2 is 2.09 bits per heavy atom. The summed E-state index contributed by atoms with van der Waals surface area (Å²) in [7, 11) is 1.74. The lowest BCUT2D eigenvalue weighted by Gasteiger charge is -2.06. The second-order valence-corrected chi connectivity index (χ2v) is 5.99. The van der Waals surface area contributed by atoms with E-state index in [2.05, 4.69) is 30.9 Å². The van der Waals surface area contributed by atoms with E-state index >= 15 is 0 Å². The summed E-state index contributed by atoms with van der Waals surface area (Å²) in [6, 6.07) is 7.59. The number of halogens is 1. The van der Waals surface area contributed by atoms with Gasteiger partial charge in [0.25, 0.3) is 5.56 Å². The fourth-order valence-electron chi connectivity index (χ4n) is 2.56. The van der Waals surface area contributed by atoms with Gasteiger partial charge in [-0.2, -0.15) is 0 Å². The molecule has 3 aromatic heterocycles. The topological polar surface area (TPSA) is 63.6 Å². The minimum Gasteiger partial charge on any atom is -0.338 e. The maximum atomic E-state index is 12.2. The first kappa shape index (κ1) is 13.2. The van der Waals surface area contributed by atoms with Crippen LogP contribution in [0.4, 0.5) is 0 Å². The third kappa shape index (κ3) is 1.95. The molecule has 0 atom stereocenters. The number of hydrogen-bond donors (Lipinski definition) is 1. The molecule has 0 saturated carbocycles. The first-order chi connectivity index (χ1) is 10.6. The zero-order chi connectivity index (χ0) is 15.3. The second-order valence-electron chi connectivity index (χ2n) is 5.13. The predicted octanol–water partition coefficient (Wildman–Crippen LogP) is 3.24. The Bertz CT molecular complexity index is 1050. The number of nitrogens with zero attached hydrogens (tertiary/aromatic N) is 3. The number of hydrogen-bond acceptors (Lipinski definition) is 3. The summed E-state index contributed by atoms with van der Waals surface area (Å²) in [4.78, 5) is 24.1. The van der Waals surface area contributed by atoms with Crippen molar-refractivity contribution < 1.29 is 0 Å². The van der Waals surface area contributed by atoms with Gasteiger partial charge in [-0.1, -0.05) is 6.07 Å². The summed E-state index contributed by atoms with van der Waals surface area (Å²) >= 11 is 3.52. The van der Waals surface area contributed by atoms with E-state index in [0.29, 0.717) is 5.39 Å². The predicted molar refractivity (Wildman–Crippen MR) is 89.8 cm³/mol. The van der Waals surface area contributed by atoms with Gasteiger partial charge in [0.1, 0.15) is 11.3 Å². The molecule has 0 unspecified atom stereocenters. The van der Waals surface area contributed by atoms with Crippen molar-refractivity contribution in [2.45, 2.75) is 0 Å². The van der Waals surface area contributed by atoms with Crippen molar-refractivity contribution >= 4 is 37.7 Å². The van der Waals surface area contributed by atoms with E-state index in [9.17, 15) is 4.79 Å². The summed E-state index contributed by atoms with van der Waals surface area (Å²) in [6.07, 6.45) is 5.23. The van der Waals surface area contributed by atoms with Crippen LogP contribution in [0, 0.1) is 0 Å². The molecule has 0 aliphatic carbocycles. The van der Waals surface area contributed by atoms with E-state index in [1.54, 1.807) is 30.2 Å². The van der Waals surface area contributed by atoms with Gasteiger partial charge in [0.2, 0.25) is 0 Å². The molecule has 108 valence electrons. The number of aromatic nitrogens is 4. The Morgan fingerprint density at radius 3 is 2.91 bits per heavy atom. The van der Waals surface area contributed by atoms with Crippen molar-refractivity contribution in [2.75, 3.05) is 0 Å².